The highest BCUT2D eigenvalue weighted by atomic mass is 19.4. The topological polar surface area (TPSA) is 69.2 Å². The Morgan fingerprint density at radius 2 is 1.52 bits per heavy atom. The maximum atomic E-state index is 13.6. The summed E-state index contributed by atoms with van der Waals surface area (Å²) in [6.07, 6.45) is -3.08. The predicted octanol–water partition coefficient (Wildman–Crippen LogP) is 6.80. The number of aromatic nitrogens is 2. The lowest BCUT2D eigenvalue weighted by Gasteiger charge is -2.38. The Kier molecular flexibility index (Phi) is 9.31. The van der Waals surface area contributed by atoms with Crippen molar-refractivity contribution in [3.8, 4) is 11.3 Å². The molecular weight excluding hydrogens is 529 g/mol. The van der Waals surface area contributed by atoms with E-state index in [-0.39, 0.29) is 23.5 Å². The molecule has 40 heavy (non-hydrogen) atoms. The number of hydrogen-bond donors (Lipinski definition) is 2. The molecule has 0 amide bonds. The lowest BCUT2D eigenvalue weighted by atomic mass is 9.78. The summed E-state index contributed by atoms with van der Waals surface area (Å²) in [6, 6.07) is 26.0. The molecule has 0 aliphatic carbocycles. The highest BCUT2D eigenvalue weighted by molar-refractivity contribution is 5.73. The smallest absolute Gasteiger partial charge is 0.475 e. The fourth-order valence-electron chi connectivity index (χ4n) is 4.87. The van der Waals surface area contributed by atoms with Gasteiger partial charge >= 0.3 is 12.1 Å². The highest BCUT2D eigenvalue weighted by Crippen LogP contribution is 2.40. The van der Waals surface area contributed by atoms with Gasteiger partial charge in [-0.1, -0.05) is 42.5 Å². The number of piperidine rings is 1. The molecule has 5 rings (SSSR count). The summed E-state index contributed by atoms with van der Waals surface area (Å²) in [7, 11) is 0. The van der Waals surface area contributed by atoms with Gasteiger partial charge in [-0.3, -0.25) is 5.10 Å². The number of H-pyrrole nitrogens is 1. The van der Waals surface area contributed by atoms with Crippen molar-refractivity contribution < 1.29 is 31.9 Å². The first kappa shape index (κ1) is 28.9. The Bertz CT molecular complexity index is 1370. The molecule has 3 aromatic carbocycles. The minimum atomic E-state index is -5.08. The van der Waals surface area contributed by atoms with E-state index in [1.807, 2.05) is 18.2 Å². The van der Waals surface area contributed by atoms with Gasteiger partial charge in [-0.05, 0) is 73.0 Å². The SMILES string of the molecule is Fc1ccc(-c2cc([C@@H]3CCN(CCc4ccccc4)C[C@H]3c3ccc(F)cc3)[nH]n2)cc1.O=C(O)C(F)(F)F. The molecule has 1 aliphatic rings. The number of aromatic amines is 1. The quantitative estimate of drug-likeness (QED) is 0.256. The van der Waals surface area contributed by atoms with E-state index in [9.17, 15) is 22.0 Å². The molecule has 0 radical (unpaired) electrons. The first-order valence-corrected chi connectivity index (χ1v) is 12.7. The molecule has 2 atom stereocenters. The summed E-state index contributed by atoms with van der Waals surface area (Å²) in [6.45, 7) is 2.91. The van der Waals surface area contributed by atoms with Crippen molar-refractivity contribution in [1.82, 2.24) is 15.1 Å². The van der Waals surface area contributed by atoms with Crippen LogP contribution >= 0.6 is 0 Å². The van der Waals surface area contributed by atoms with Crippen LogP contribution < -0.4 is 0 Å². The van der Waals surface area contributed by atoms with E-state index in [0.29, 0.717) is 0 Å². The second-order valence-corrected chi connectivity index (χ2v) is 9.61. The summed E-state index contributed by atoms with van der Waals surface area (Å²) in [5.41, 5.74) is 5.26. The molecule has 0 bridgehead atoms. The largest absolute Gasteiger partial charge is 0.490 e. The fraction of sp³-hybridized carbons (Fsp3) is 0.267. The molecule has 4 aromatic rings. The Labute approximate surface area is 228 Å². The number of nitrogens with one attached hydrogen (secondary N) is 1. The van der Waals surface area contributed by atoms with Crippen LogP contribution in [0.1, 0.15) is 35.1 Å². The van der Waals surface area contributed by atoms with E-state index in [1.165, 1.54) is 17.7 Å². The number of hydrogen-bond acceptors (Lipinski definition) is 3. The average Bonchev–Trinajstić information content (AvgIpc) is 3.43. The van der Waals surface area contributed by atoms with Gasteiger partial charge in [0.15, 0.2) is 0 Å². The number of nitrogens with zero attached hydrogens (tertiary/aromatic N) is 2. The molecule has 5 nitrogen and oxygen atoms in total. The van der Waals surface area contributed by atoms with Gasteiger partial charge in [-0.25, -0.2) is 13.6 Å². The summed E-state index contributed by atoms with van der Waals surface area (Å²) in [5, 5.41) is 14.9. The lowest BCUT2D eigenvalue weighted by Crippen LogP contribution is -2.39. The third-order valence-electron chi connectivity index (χ3n) is 6.93. The van der Waals surface area contributed by atoms with Crippen molar-refractivity contribution >= 4 is 5.97 Å². The molecule has 0 saturated carbocycles. The maximum absolute atomic E-state index is 13.6. The number of rotatable bonds is 6. The van der Waals surface area contributed by atoms with E-state index in [1.54, 1.807) is 24.3 Å². The van der Waals surface area contributed by atoms with Gasteiger partial charge in [0.1, 0.15) is 11.6 Å². The monoisotopic (exact) mass is 557 g/mol. The molecule has 210 valence electrons. The first-order valence-electron chi connectivity index (χ1n) is 12.7. The lowest BCUT2D eigenvalue weighted by molar-refractivity contribution is -0.192. The van der Waals surface area contributed by atoms with Crippen LogP contribution in [0, 0.1) is 11.6 Å². The van der Waals surface area contributed by atoms with Crippen molar-refractivity contribution in [3.63, 3.8) is 0 Å². The normalized spacial score (nSPS) is 17.6. The van der Waals surface area contributed by atoms with Crippen LogP contribution in [0.4, 0.5) is 22.0 Å². The zero-order valence-electron chi connectivity index (χ0n) is 21.4. The molecule has 0 spiro atoms. The number of aliphatic carboxylic acids is 1. The fourth-order valence-corrected chi connectivity index (χ4v) is 4.87. The van der Waals surface area contributed by atoms with Crippen molar-refractivity contribution in [3.05, 3.63) is 113 Å². The summed E-state index contributed by atoms with van der Waals surface area (Å²) < 4.78 is 58.7. The summed E-state index contributed by atoms with van der Waals surface area (Å²) >= 11 is 0. The van der Waals surface area contributed by atoms with Gasteiger partial charge < -0.3 is 10.0 Å². The third kappa shape index (κ3) is 7.75. The predicted molar refractivity (Wildman–Crippen MR) is 141 cm³/mol. The van der Waals surface area contributed by atoms with E-state index in [0.717, 1.165) is 55.0 Å². The van der Waals surface area contributed by atoms with Crippen LogP contribution in [0.15, 0.2) is 84.9 Å². The Hall–Kier alpha value is -4.05. The van der Waals surface area contributed by atoms with Gasteiger partial charge in [0.25, 0.3) is 0 Å². The summed E-state index contributed by atoms with van der Waals surface area (Å²) in [4.78, 5) is 11.4. The molecule has 1 saturated heterocycles. The van der Waals surface area contributed by atoms with Crippen LogP contribution in [0.3, 0.4) is 0 Å². The van der Waals surface area contributed by atoms with Crippen molar-refractivity contribution in [2.45, 2.75) is 30.9 Å². The second-order valence-electron chi connectivity index (χ2n) is 9.61. The van der Waals surface area contributed by atoms with Crippen molar-refractivity contribution in [1.29, 1.82) is 0 Å². The molecule has 1 aromatic heterocycles. The highest BCUT2D eigenvalue weighted by Gasteiger charge is 2.38. The average molecular weight is 558 g/mol. The molecule has 10 heteroatoms. The zero-order valence-corrected chi connectivity index (χ0v) is 21.4. The van der Waals surface area contributed by atoms with Crippen LogP contribution in [-0.2, 0) is 11.2 Å². The number of carbonyl (C=O) groups is 1. The number of benzene rings is 3. The maximum Gasteiger partial charge on any atom is 0.490 e. The Morgan fingerprint density at radius 1 is 0.925 bits per heavy atom. The van der Waals surface area contributed by atoms with Crippen LogP contribution in [0.2, 0.25) is 0 Å². The van der Waals surface area contributed by atoms with Gasteiger partial charge in [0.05, 0.1) is 5.69 Å². The van der Waals surface area contributed by atoms with Crippen LogP contribution in [0.25, 0.3) is 11.3 Å². The van der Waals surface area contributed by atoms with E-state index in [4.69, 9.17) is 9.90 Å². The number of carboxylic acids is 1. The molecule has 2 N–H and O–H groups in total. The minimum absolute atomic E-state index is 0.216. The van der Waals surface area contributed by atoms with Gasteiger partial charge in [0.2, 0.25) is 0 Å². The van der Waals surface area contributed by atoms with E-state index < -0.39 is 12.1 Å². The molecule has 1 aliphatic heterocycles. The molecule has 2 heterocycles. The van der Waals surface area contributed by atoms with Gasteiger partial charge in [-0.2, -0.15) is 18.3 Å². The van der Waals surface area contributed by atoms with E-state index in [2.05, 4.69) is 45.4 Å². The Balaban J connectivity index is 0.000000470. The van der Waals surface area contributed by atoms with E-state index >= 15 is 0 Å². The van der Waals surface area contributed by atoms with Gasteiger partial charge in [-0.15, -0.1) is 0 Å². The van der Waals surface area contributed by atoms with Crippen molar-refractivity contribution in [2.24, 2.45) is 0 Å². The van der Waals surface area contributed by atoms with Crippen molar-refractivity contribution in [2.75, 3.05) is 19.6 Å². The van der Waals surface area contributed by atoms with Crippen LogP contribution in [0.5, 0.6) is 0 Å². The number of carboxylic acid groups (broad SMARTS) is 1. The second kappa shape index (κ2) is 12.9. The first-order chi connectivity index (χ1) is 19.1. The number of likely N-dealkylation sites (tertiary alicyclic amines) is 1. The standard InChI is InChI=1S/C28H27F2N3.C2HF3O2/c29-23-10-6-21(7-11-23)26-19-33(16-14-20-4-2-1-3-5-20)17-15-25(26)28-18-27(31-32-28)22-8-12-24(30)13-9-22;3-2(4,5)1(6)7/h1-13,18,25-26H,14-17,19H2,(H,31,32);(H,6,7)/t25-,26+;/m1./s1. The zero-order chi connectivity index (χ0) is 28.7. The molecule has 0 unspecified atom stereocenters. The van der Waals surface area contributed by atoms with Gasteiger partial charge in [0, 0.05) is 36.2 Å². The number of halogens is 5. The molecular formula is C30H28F5N3O2. The molecule has 1 fully saturated rings. The van der Waals surface area contributed by atoms with Crippen LogP contribution in [-0.4, -0.2) is 52.0 Å². The number of alkyl halides is 3. The third-order valence-corrected chi connectivity index (χ3v) is 6.93. The summed E-state index contributed by atoms with van der Waals surface area (Å²) in [5.74, 6) is -2.74. The Morgan fingerprint density at radius 3 is 2.12 bits per heavy atom. The minimum Gasteiger partial charge on any atom is -0.475 e.